The maximum atomic E-state index is 6.23. The molecule has 84 valence electrons. The van der Waals surface area contributed by atoms with Crippen molar-refractivity contribution in [2.75, 3.05) is 7.11 Å². The predicted octanol–water partition coefficient (Wildman–Crippen LogP) is 4.66. The van der Waals surface area contributed by atoms with Gasteiger partial charge in [-0.3, -0.25) is 0 Å². The Hall–Kier alpha value is -1.73. The number of fused-ring (bicyclic) bond motifs is 3. The molecule has 0 radical (unpaired) electrons. The highest BCUT2D eigenvalue weighted by atomic mass is 35.5. The summed E-state index contributed by atoms with van der Waals surface area (Å²) in [4.78, 5) is 0. The summed E-state index contributed by atoms with van der Waals surface area (Å²) in [5.41, 5.74) is 0. The molecule has 0 N–H and O–H groups in total. The fourth-order valence-electron chi connectivity index (χ4n) is 2.23. The van der Waals surface area contributed by atoms with Gasteiger partial charge in [-0.2, -0.15) is 0 Å². The van der Waals surface area contributed by atoms with Crippen molar-refractivity contribution in [2.24, 2.45) is 0 Å². The minimum absolute atomic E-state index is 0.756. The molecule has 2 heteroatoms. The Morgan fingerprint density at radius 2 is 1.47 bits per heavy atom. The van der Waals surface area contributed by atoms with Crippen LogP contribution in [-0.2, 0) is 0 Å². The number of hydrogen-bond acceptors (Lipinski definition) is 1. The molecular formula is C15H11ClO. The summed E-state index contributed by atoms with van der Waals surface area (Å²) in [6, 6.07) is 16.2. The zero-order valence-electron chi connectivity index (χ0n) is 9.41. The second-order valence-corrected chi connectivity index (χ2v) is 4.37. The summed E-state index contributed by atoms with van der Waals surface area (Å²) in [5.74, 6) is 0.862. The first kappa shape index (κ1) is 10.4. The molecule has 17 heavy (non-hydrogen) atoms. The summed E-state index contributed by atoms with van der Waals surface area (Å²) < 4.78 is 5.43. The van der Waals surface area contributed by atoms with Gasteiger partial charge < -0.3 is 4.74 Å². The van der Waals surface area contributed by atoms with Crippen LogP contribution in [0, 0.1) is 0 Å². The maximum Gasteiger partial charge on any atom is 0.127 e. The molecule has 0 aromatic heterocycles. The SMILES string of the molecule is COc1cc2c(Cl)cccc2c2ccccc12. The van der Waals surface area contributed by atoms with Crippen molar-refractivity contribution in [1.29, 1.82) is 0 Å². The first-order valence-electron chi connectivity index (χ1n) is 5.45. The smallest absolute Gasteiger partial charge is 0.127 e. The van der Waals surface area contributed by atoms with Crippen LogP contribution < -0.4 is 4.74 Å². The topological polar surface area (TPSA) is 9.23 Å². The number of ether oxygens (including phenoxy) is 1. The number of methoxy groups -OCH3 is 1. The van der Waals surface area contributed by atoms with Crippen LogP contribution in [-0.4, -0.2) is 7.11 Å². The van der Waals surface area contributed by atoms with Crippen LogP contribution >= 0.6 is 11.6 Å². The summed E-state index contributed by atoms with van der Waals surface area (Å²) in [6.07, 6.45) is 0. The molecule has 0 amide bonds. The molecule has 0 unspecified atom stereocenters. The monoisotopic (exact) mass is 242 g/mol. The molecule has 1 nitrogen and oxygen atoms in total. The molecule has 0 aliphatic heterocycles. The summed E-state index contributed by atoms with van der Waals surface area (Å²) in [7, 11) is 1.68. The van der Waals surface area contributed by atoms with E-state index >= 15 is 0 Å². The predicted molar refractivity (Wildman–Crippen MR) is 73.0 cm³/mol. The Balaban J connectivity index is 2.59. The molecule has 0 aliphatic carbocycles. The first-order chi connectivity index (χ1) is 8.31. The van der Waals surface area contributed by atoms with Crippen molar-refractivity contribution in [3.8, 4) is 5.75 Å². The standard InChI is InChI=1S/C15H11ClO/c1-17-15-9-13-11(7-4-8-14(13)16)10-5-2-3-6-12(10)15/h2-9H,1H3. The maximum absolute atomic E-state index is 6.23. The second kappa shape index (κ2) is 3.94. The van der Waals surface area contributed by atoms with Gasteiger partial charge in [-0.1, -0.05) is 48.0 Å². The van der Waals surface area contributed by atoms with Crippen LogP contribution in [0.5, 0.6) is 5.75 Å². The summed E-state index contributed by atoms with van der Waals surface area (Å²) in [5, 5.41) is 5.24. The number of halogens is 1. The van der Waals surface area contributed by atoms with Gasteiger partial charge in [0.1, 0.15) is 5.75 Å². The Kier molecular flexibility index (Phi) is 2.41. The lowest BCUT2D eigenvalue weighted by Gasteiger charge is -2.10. The number of hydrogen-bond donors (Lipinski definition) is 0. The van der Waals surface area contributed by atoms with Gasteiger partial charge in [0.25, 0.3) is 0 Å². The van der Waals surface area contributed by atoms with E-state index in [2.05, 4.69) is 18.2 Å². The molecule has 3 rings (SSSR count). The van der Waals surface area contributed by atoms with E-state index < -0.39 is 0 Å². The van der Waals surface area contributed by atoms with E-state index in [9.17, 15) is 0 Å². The van der Waals surface area contributed by atoms with Crippen LogP contribution in [0.1, 0.15) is 0 Å². The van der Waals surface area contributed by atoms with Crippen LogP contribution in [0.4, 0.5) is 0 Å². The van der Waals surface area contributed by atoms with E-state index in [1.165, 1.54) is 5.39 Å². The molecule has 0 spiro atoms. The number of rotatable bonds is 1. The van der Waals surface area contributed by atoms with Crippen molar-refractivity contribution in [1.82, 2.24) is 0 Å². The van der Waals surface area contributed by atoms with E-state index in [1.807, 2.05) is 30.3 Å². The third-order valence-electron chi connectivity index (χ3n) is 3.03. The normalized spacial score (nSPS) is 10.9. The highest BCUT2D eigenvalue weighted by molar-refractivity contribution is 6.36. The fourth-order valence-corrected chi connectivity index (χ4v) is 2.46. The Bertz CT molecular complexity index is 704. The van der Waals surface area contributed by atoms with Gasteiger partial charge in [0.2, 0.25) is 0 Å². The van der Waals surface area contributed by atoms with Crippen molar-refractivity contribution >= 4 is 33.1 Å². The third-order valence-corrected chi connectivity index (χ3v) is 3.36. The summed E-state index contributed by atoms with van der Waals surface area (Å²) >= 11 is 6.23. The minimum atomic E-state index is 0.756. The van der Waals surface area contributed by atoms with Crippen LogP contribution in [0.15, 0.2) is 48.5 Å². The fraction of sp³-hybridized carbons (Fsp3) is 0.0667. The van der Waals surface area contributed by atoms with Crippen molar-refractivity contribution < 1.29 is 4.74 Å². The Morgan fingerprint density at radius 1 is 0.824 bits per heavy atom. The van der Waals surface area contributed by atoms with E-state index in [-0.39, 0.29) is 0 Å². The molecule has 0 saturated carbocycles. The largest absolute Gasteiger partial charge is 0.496 e. The van der Waals surface area contributed by atoms with Crippen LogP contribution in [0.25, 0.3) is 21.5 Å². The van der Waals surface area contributed by atoms with Gasteiger partial charge in [0.15, 0.2) is 0 Å². The van der Waals surface area contributed by atoms with E-state index in [1.54, 1.807) is 7.11 Å². The average Bonchev–Trinajstić information content (AvgIpc) is 2.38. The minimum Gasteiger partial charge on any atom is -0.496 e. The van der Waals surface area contributed by atoms with Gasteiger partial charge in [0, 0.05) is 15.8 Å². The molecule has 0 fully saturated rings. The lowest BCUT2D eigenvalue weighted by Crippen LogP contribution is -1.86. The third kappa shape index (κ3) is 1.55. The van der Waals surface area contributed by atoms with Crippen LogP contribution in [0.2, 0.25) is 5.02 Å². The Morgan fingerprint density at radius 3 is 2.24 bits per heavy atom. The van der Waals surface area contributed by atoms with E-state index in [0.717, 1.165) is 26.9 Å². The van der Waals surface area contributed by atoms with Gasteiger partial charge in [-0.05, 0) is 22.9 Å². The van der Waals surface area contributed by atoms with Gasteiger partial charge in [-0.15, -0.1) is 0 Å². The lowest BCUT2D eigenvalue weighted by molar-refractivity contribution is 0.420. The van der Waals surface area contributed by atoms with Crippen molar-refractivity contribution in [3.63, 3.8) is 0 Å². The average molecular weight is 243 g/mol. The molecule has 0 saturated heterocycles. The van der Waals surface area contributed by atoms with Crippen molar-refractivity contribution in [3.05, 3.63) is 53.6 Å². The van der Waals surface area contributed by atoms with Gasteiger partial charge >= 0.3 is 0 Å². The van der Waals surface area contributed by atoms with Gasteiger partial charge in [0.05, 0.1) is 7.11 Å². The quantitative estimate of drug-likeness (QED) is 0.564. The highest BCUT2D eigenvalue weighted by Gasteiger charge is 2.08. The molecule has 3 aromatic carbocycles. The molecule has 0 atom stereocenters. The summed E-state index contributed by atoms with van der Waals surface area (Å²) in [6.45, 7) is 0. The zero-order valence-corrected chi connectivity index (χ0v) is 10.2. The molecule has 0 bridgehead atoms. The second-order valence-electron chi connectivity index (χ2n) is 3.96. The van der Waals surface area contributed by atoms with E-state index in [0.29, 0.717) is 0 Å². The lowest BCUT2D eigenvalue weighted by atomic mass is 10.0. The molecular weight excluding hydrogens is 232 g/mol. The molecule has 0 aliphatic rings. The van der Waals surface area contributed by atoms with Crippen LogP contribution in [0.3, 0.4) is 0 Å². The Labute approximate surface area is 105 Å². The number of benzene rings is 3. The molecule has 0 heterocycles. The highest BCUT2D eigenvalue weighted by Crippen LogP contribution is 2.36. The zero-order chi connectivity index (χ0) is 11.8. The van der Waals surface area contributed by atoms with Crippen molar-refractivity contribution in [2.45, 2.75) is 0 Å². The van der Waals surface area contributed by atoms with E-state index in [4.69, 9.17) is 16.3 Å². The molecule has 3 aromatic rings. The first-order valence-corrected chi connectivity index (χ1v) is 5.83. The van der Waals surface area contributed by atoms with Gasteiger partial charge in [-0.25, -0.2) is 0 Å².